The van der Waals surface area contributed by atoms with Crippen LogP contribution >= 0.6 is 0 Å². The predicted octanol–water partition coefficient (Wildman–Crippen LogP) is 1.58. The third-order valence-corrected chi connectivity index (χ3v) is 7.36. The number of nitrogens with zero attached hydrogens (tertiary/aromatic N) is 3. The van der Waals surface area contributed by atoms with E-state index in [9.17, 15) is 8.42 Å². The topological polar surface area (TPSA) is 53.1 Å². The molecule has 0 aliphatic carbocycles. The number of ether oxygens (including phenoxy) is 1. The SMILES string of the molecule is CN(C)S(=O)(=O)N1CCC(Cc2ccc(CN3CCOCC3)cc2)CC1. The van der Waals surface area contributed by atoms with E-state index in [1.54, 1.807) is 18.4 Å². The maximum absolute atomic E-state index is 12.2. The molecule has 0 N–H and O–H groups in total. The Morgan fingerprint density at radius 2 is 1.58 bits per heavy atom. The molecule has 0 amide bonds. The zero-order valence-corrected chi connectivity index (χ0v) is 16.7. The van der Waals surface area contributed by atoms with Crippen LogP contribution in [0.5, 0.6) is 0 Å². The van der Waals surface area contributed by atoms with Gasteiger partial charge in [-0.1, -0.05) is 24.3 Å². The van der Waals surface area contributed by atoms with E-state index in [4.69, 9.17) is 4.74 Å². The Bertz CT molecular complexity index is 662. The molecule has 0 saturated carbocycles. The molecule has 2 heterocycles. The van der Waals surface area contributed by atoms with Gasteiger partial charge >= 0.3 is 0 Å². The van der Waals surface area contributed by atoms with Crippen LogP contribution in [0.3, 0.4) is 0 Å². The van der Waals surface area contributed by atoms with Crippen LogP contribution in [0.4, 0.5) is 0 Å². The van der Waals surface area contributed by atoms with Gasteiger partial charge < -0.3 is 4.74 Å². The van der Waals surface area contributed by atoms with Crippen molar-refractivity contribution in [1.82, 2.24) is 13.5 Å². The molecule has 3 rings (SSSR count). The molecule has 2 fully saturated rings. The summed E-state index contributed by atoms with van der Waals surface area (Å²) in [7, 11) is -0.0687. The van der Waals surface area contributed by atoms with Crippen molar-refractivity contribution in [1.29, 1.82) is 0 Å². The van der Waals surface area contributed by atoms with Crippen molar-refractivity contribution in [2.24, 2.45) is 5.92 Å². The van der Waals surface area contributed by atoms with Crippen molar-refractivity contribution in [2.75, 3.05) is 53.5 Å². The molecule has 0 spiro atoms. The second-order valence-corrected chi connectivity index (χ2v) is 9.68. The molecular formula is C19H31N3O3S. The van der Waals surface area contributed by atoms with E-state index >= 15 is 0 Å². The highest BCUT2D eigenvalue weighted by atomic mass is 32.2. The van der Waals surface area contributed by atoms with Crippen molar-refractivity contribution in [3.05, 3.63) is 35.4 Å². The molecule has 0 unspecified atom stereocenters. The van der Waals surface area contributed by atoms with E-state index in [1.165, 1.54) is 15.4 Å². The maximum Gasteiger partial charge on any atom is 0.281 e. The number of hydrogen-bond acceptors (Lipinski definition) is 4. The van der Waals surface area contributed by atoms with Gasteiger partial charge in [-0.25, -0.2) is 0 Å². The second-order valence-electron chi connectivity index (χ2n) is 7.54. The number of rotatable bonds is 6. The summed E-state index contributed by atoms with van der Waals surface area (Å²) in [4.78, 5) is 2.43. The first-order valence-corrected chi connectivity index (χ1v) is 10.9. The van der Waals surface area contributed by atoms with E-state index in [0.29, 0.717) is 19.0 Å². The van der Waals surface area contributed by atoms with Crippen LogP contribution < -0.4 is 0 Å². The lowest BCUT2D eigenvalue weighted by atomic mass is 9.91. The lowest BCUT2D eigenvalue weighted by molar-refractivity contribution is 0.0342. The number of hydrogen-bond donors (Lipinski definition) is 0. The minimum atomic E-state index is -3.26. The van der Waals surface area contributed by atoms with Gasteiger partial charge in [-0.2, -0.15) is 17.0 Å². The van der Waals surface area contributed by atoms with Crippen molar-refractivity contribution in [3.8, 4) is 0 Å². The van der Waals surface area contributed by atoms with Crippen LogP contribution in [0.15, 0.2) is 24.3 Å². The first kappa shape index (κ1) is 19.8. The van der Waals surface area contributed by atoms with E-state index in [1.807, 2.05) is 0 Å². The van der Waals surface area contributed by atoms with Crippen LogP contribution in [-0.4, -0.2) is 75.4 Å². The molecule has 26 heavy (non-hydrogen) atoms. The molecule has 2 saturated heterocycles. The summed E-state index contributed by atoms with van der Waals surface area (Å²) in [6.45, 7) is 5.93. The van der Waals surface area contributed by atoms with Crippen LogP contribution in [0, 0.1) is 5.92 Å². The monoisotopic (exact) mass is 381 g/mol. The highest BCUT2D eigenvalue weighted by Gasteiger charge is 2.29. The van der Waals surface area contributed by atoms with Crippen molar-refractivity contribution in [2.45, 2.75) is 25.8 Å². The minimum Gasteiger partial charge on any atom is -0.379 e. The predicted molar refractivity (Wildman–Crippen MR) is 103 cm³/mol. The quantitative estimate of drug-likeness (QED) is 0.751. The van der Waals surface area contributed by atoms with Crippen LogP contribution in [0.2, 0.25) is 0 Å². The molecule has 7 heteroatoms. The molecule has 0 bridgehead atoms. The molecule has 0 aromatic heterocycles. The second kappa shape index (κ2) is 8.80. The fourth-order valence-corrected chi connectivity index (χ4v) is 4.84. The van der Waals surface area contributed by atoms with E-state index in [-0.39, 0.29) is 0 Å². The Labute approximate surface area is 157 Å². The fraction of sp³-hybridized carbons (Fsp3) is 0.684. The normalized spacial score (nSPS) is 21.3. The Hall–Kier alpha value is -0.990. The summed E-state index contributed by atoms with van der Waals surface area (Å²) in [5.41, 5.74) is 2.70. The van der Waals surface area contributed by atoms with Gasteiger partial charge in [0, 0.05) is 46.8 Å². The summed E-state index contributed by atoms with van der Waals surface area (Å²) in [5.74, 6) is 0.564. The molecule has 146 valence electrons. The standard InChI is InChI=1S/C19H31N3O3S/c1-20(2)26(23,24)22-9-7-18(8-10-22)15-17-3-5-19(6-4-17)16-21-11-13-25-14-12-21/h3-6,18H,7-16H2,1-2H3. The maximum atomic E-state index is 12.2. The highest BCUT2D eigenvalue weighted by Crippen LogP contribution is 2.24. The summed E-state index contributed by atoms with van der Waals surface area (Å²) < 4.78 is 32.7. The van der Waals surface area contributed by atoms with Crippen molar-refractivity contribution < 1.29 is 13.2 Å². The van der Waals surface area contributed by atoms with Crippen LogP contribution in [-0.2, 0) is 27.9 Å². The molecule has 1 aromatic rings. The van der Waals surface area contributed by atoms with Crippen LogP contribution in [0.25, 0.3) is 0 Å². The summed E-state index contributed by atoms with van der Waals surface area (Å²) in [5, 5.41) is 0. The van der Waals surface area contributed by atoms with Gasteiger partial charge in [0.2, 0.25) is 0 Å². The van der Waals surface area contributed by atoms with Gasteiger partial charge in [0.05, 0.1) is 13.2 Å². The summed E-state index contributed by atoms with van der Waals surface area (Å²) >= 11 is 0. The first-order valence-electron chi connectivity index (χ1n) is 9.50. The van der Waals surface area contributed by atoms with E-state index < -0.39 is 10.2 Å². The van der Waals surface area contributed by atoms with Gasteiger partial charge in [-0.3, -0.25) is 4.90 Å². The Balaban J connectivity index is 1.48. The average molecular weight is 382 g/mol. The van der Waals surface area contributed by atoms with Crippen LogP contribution in [0.1, 0.15) is 24.0 Å². The highest BCUT2D eigenvalue weighted by molar-refractivity contribution is 7.86. The minimum absolute atomic E-state index is 0.564. The van der Waals surface area contributed by atoms with Gasteiger partial charge in [-0.15, -0.1) is 0 Å². The Morgan fingerprint density at radius 1 is 1.00 bits per heavy atom. The van der Waals surface area contributed by atoms with Gasteiger partial charge in [0.25, 0.3) is 10.2 Å². The lowest BCUT2D eigenvalue weighted by Crippen LogP contribution is -2.44. The summed E-state index contributed by atoms with van der Waals surface area (Å²) in [6, 6.07) is 8.93. The zero-order chi connectivity index (χ0) is 18.6. The van der Waals surface area contributed by atoms with Gasteiger partial charge in [0.15, 0.2) is 0 Å². The molecule has 2 aliphatic rings. The summed E-state index contributed by atoms with van der Waals surface area (Å²) in [6.07, 6.45) is 2.90. The molecule has 0 radical (unpaired) electrons. The molecule has 6 nitrogen and oxygen atoms in total. The third-order valence-electron chi connectivity index (χ3n) is 5.42. The number of piperidine rings is 1. The molecular weight excluding hydrogens is 350 g/mol. The molecule has 2 aliphatic heterocycles. The smallest absolute Gasteiger partial charge is 0.281 e. The van der Waals surface area contributed by atoms with Crippen molar-refractivity contribution >= 4 is 10.2 Å². The number of morpholine rings is 1. The Kier molecular flexibility index (Phi) is 6.69. The van der Waals surface area contributed by atoms with Gasteiger partial charge in [-0.05, 0) is 36.3 Å². The van der Waals surface area contributed by atoms with E-state index in [2.05, 4.69) is 29.2 Å². The third kappa shape index (κ3) is 5.04. The molecule has 0 atom stereocenters. The molecule has 1 aromatic carbocycles. The van der Waals surface area contributed by atoms with E-state index in [0.717, 1.165) is 52.1 Å². The largest absolute Gasteiger partial charge is 0.379 e. The van der Waals surface area contributed by atoms with Gasteiger partial charge in [0.1, 0.15) is 0 Å². The first-order chi connectivity index (χ1) is 12.4. The fourth-order valence-electron chi connectivity index (χ4n) is 3.71. The van der Waals surface area contributed by atoms with Crippen molar-refractivity contribution in [3.63, 3.8) is 0 Å². The average Bonchev–Trinajstić information content (AvgIpc) is 2.64. The number of benzene rings is 1. The zero-order valence-electron chi connectivity index (χ0n) is 15.9. The lowest BCUT2D eigenvalue weighted by Gasteiger charge is -2.32. The Morgan fingerprint density at radius 3 is 2.15 bits per heavy atom.